The van der Waals surface area contributed by atoms with Crippen LogP contribution in [-0.2, 0) is 9.59 Å². The third kappa shape index (κ3) is 8.45. The summed E-state index contributed by atoms with van der Waals surface area (Å²) in [6.45, 7) is 2.07. The SMILES string of the molecule is [2H]C([2H])(/C=C\C[C@@H]1C(=O)C[C@@H](O)[C@@H]1/C=C/[C@@H](O)CCCCC)C([2H])([2H])CC(=O)O. The number of hydrogen-bond donors (Lipinski definition) is 3. The zero-order valence-corrected chi connectivity index (χ0v) is 14.7. The Bertz CT molecular complexity index is 618. The molecular formula is C20H32O5. The van der Waals surface area contributed by atoms with Crippen LogP contribution in [0.4, 0.5) is 0 Å². The van der Waals surface area contributed by atoms with E-state index in [1.165, 1.54) is 6.08 Å². The number of carboxylic acid groups (broad SMARTS) is 1. The number of carbonyl (C=O) groups excluding carboxylic acids is 1. The van der Waals surface area contributed by atoms with Crippen molar-refractivity contribution in [2.75, 3.05) is 0 Å². The number of unbranched alkanes of at least 4 members (excludes halogenated alkanes) is 2. The molecule has 0 aliphatic heterocycles. The summed E-state index contributed by atoms with van der Waals surface area (Å²) in [5.41, 5.74) is 0. The smallest absolute Gasteiger partial charge is 0.303 e. The van der Waals surface area contributed by atoms with Crippen molar-refractivity contribution in [2.24, 2.45) is 11.8 Å². The van der Waals surface area contributed by atoms with Crippen LogP contribution in [0.25, 0.3) is 0 Å². The standard InChI is InChI=1S/C20H32O5/c1-2-3-6-9-15(21)12-13-17-16(18(22)14-19(17)23)10-7-4-5-8-11-20(24)25/h4,7,12-13,15-17,19,21,23H,2-3,5-6,8-11,14H2,1H3,(H,24,25)/b7-4-,13-12+/t15-,16-,17+,19+/m0/s1/i5D2,8D2. The van der Waals surface area contributed by atoms with Crippen molar-refractivity contribution in [3.63, 3.8) is 0 Å². The first-order valence-electron chi connectivity index (χ1n) is 10.9. The Kier molecular flexibility index (Phi) is 7.56. The molecule has 0 saturated heterocycles. The summed E-state index contributed by atoms with van der Waals surface area (Å²) in [6, 6.07) is 0. The van der Waals surface area contributed by atoms with Crippen molar-refractivity contribution in [2.45, 2.75) is 76.8 Å². The summed E-state index contributed by atoms with van der Waals surface area (Å²) in [5.74, 6) is -2.72. The molecule has 4 atom stereocenters. The van der Waals surface area contributed by atoms with Gasteiger partial charge in [0.15, 0.2) is 0 Å². The fourth-order valence-electron chi connectivity index (χ4n) is 2.94. The zero-order valence-electron chi connectivity index (χ0n) is 18.7. The molecule has 0 aromatic rings. The lowest BCUT2D eigenvalue weighted by atomic mass is 9.90. The third-order valence-electron chi connectivity index (χ3n) is 4.32. The number of Topliss-reactive ketones (excluding diaryl/α,β-unsaturated/α-hetero) is 1. The molecule has 0 spiro atoms. The number of carboxylic acids is 1. The van der Waals surface area contributed by atoms with E-state index in [1.54, 1.807) is 12.2 Å². The van der Waals surface area contributed by atoms with Gasteiger partial charge in [-0.2, -0.15) is 0 Å². The van der Waals surface area contributed by atoms with E-state index < -0.39 is 49.2 Å². The number of aliphatic hydroxyl groups excluding tert-OH is 2. The van der Waals surface area contributed by atoms with Crippen LogP contribution >= 0.6 is 0 Å². The van der Waals surface area contributed by atoms with Crippen LogP contribution in [0.1, 0.15) is 70.1 Å². The largest absolute Gasteiger partial charge is 0.481 e. The highest BCUT2D eigenvalue weighted by molar-refractivity contribution is 5.84. The van der Waals surface area contributed by atoms with Crippen molar-refractivity contribution < 1.29 is 30.4 Å². The second kappa shape index (κ2) is 12.0. The van der Waals surface area contributed by atoms with E-state index in [0.717, 1.165) is 25.3 Å². The van der Waals surface area contributed by atoms with Gasteiger partial charge in [-0.1, -0.05) is 50.5 Å². The molecule has 0 heterocycles. The summed E-state index contributed by atoms with van der Waals surface area (Å²) in [4.78, 5) is 23.0. The van der Waals surface area contributed by atoms with Crippen LogP contribution in [0.3, 0.4) is 0 Å². The number of ketones is 1. The lowest BCUT2D eigenvalue weighted by Gasteiger charge is -2.16. The Balaban J connectivity index is 2.78. The van der Waals surface area contributed by atoms with Gasteiger partial charge in [0.05, 0.1) is 12.2 Å². The van der Waals surface area contributed by atoms with Crippen molar-refractivity contribution >= 4 is 11.8 Å². The third-order valence-corrected chi connectivity index (χ3v) is 4.32. The predicted octanol–water partition coefficient (Wildman–Crippen LogP) is 3.25. The number of aliphatic hydroxyl groups is 2. The number of hydrogen-bond acceptors (Lipinski definition) is 4. The van der Waals surface area contributed by atoms with Crippen LogP contribution < -0.4 is 0 Å². The monoisotopic (exact) mass is 356 g/mol. The minimum Gasteiger partial charge on any atom is -0.481 e. The van der Waals surface area contributed by atoms with Gasteiger partial charge in [0.1, 0.15) is 5.78 Å². The van der Waals surface area contributed by atoms with Gasteiger partial charge in [0.25, 0.3) is 0 Å². The van der Waals surface area contributed by atoms with Gasteiger partial charge in [0.2, 0.25) is 0 Å². The van der Waals surface area contributed by atoms with Crippen LogP contribution in [0, 0.1) is 11.8 Å². The topological polar surface area (TPSA) is 94.8 Å². The van der Waals surface area contributed by atoms with E-state index in [0.29, 0.717) is 6.42 Å². The summed E-state index contributed by atoms with van der Waals surface area (Å²) < 4.78 is 30.9. The molecule has 0 amide bonds. The Morgan fingerprint density at radius 1 is 1.40 bits per heavy atom. The molecule has 142 valence electrons. The van der Waals surface area contributed by atoms with E-state index in [-0.39, 0.29) is 18.6 Å². The molecule has 0 radical (unpaired) electrons. The first kappa shape index (κ1) is 15.8. The first-order chi connectivity index (χ1) is 13.4. The molecule has 1 fully saturated rings. The molecule has 1 saturated carbocycles. The maximum Gasteiger partial charge on any atom is 0.303 e. The molecule has 0 bridgehead atoms. The summed E-state index contributed by atoms with van der Waals surface area (Å²) in [6.07, 6.45) is 1.49. The average molecular weight is 356 g/mol. The van der Waals surface area contributed by atoms with Crippen LogP contribution in [0.15, 0.2) is 24.3 Å². The maximum absolute atomic E-state index is 12.2. The average Bonchev–Trinajstić information content (AvgIpc) is 2.85. The van der Waals surface area contributed by atoms with E-state index in [9.17, 15) is 19.8 Å². The predicted molar refractivity (Wildman–Crippen MR) is 97.1 cm³/mol. The molecule has 5 nitrogen and oxygen atoms in total. The number of carbonyl (C=O) groups is 2. The first-order valence-corrected chi connectivity index (χ1v) is 8.88. The van der Waals surface area contributed by atoms with Crippen molar-refractivity contribution in [1.82, 2.24) is 0 Å². The fraction of sp³-hybridized carbons (Fsp3) is 0.700. The van der Waals surface area contributed by atoms with Crippen LogP contribution in [-0.4, -0.2) is 39.3 Å². The maximum atomic E-state index is 12.2. The summed E-state index contributed by atoms with van der Waals surface area (Å²) in [7, 11) is 0. The van der Waals surface area contributed by atoms with Gasteiger partial charge in [0, 0.05) is 30.2 Å². The number of rotatable bonds is 12. The normalized spacial score (nSPS) is 28.8. The molecule has 25 heavy (non-hydrogen) atoms. The van der Waals surface area contributed by atoms with Gasteiger partial charge in [-0.3, -0.25) is 9.59 Å². The van der Waals surface area contributed by atoms with E-state index in [1.807, 2.05) is 0 Å². The molecule has 5 heteroatoms. The molecule has 1 rings (SSSR count). The van der Waals surface area contributed by atoms with Crippen LogP contribution in [0.5, 0.6) is 0 Å². The molecule has 1 aliphatic carbocycles. The quantitative estimate of drug-likeness (QED) is 0.368. The van der Waals surface area contributed by atoms with Gasteiger partial charge in [-0.25, -0.2) is 0 Å². The Hall–Kier alpha value is -1.46. The number of allylic oxidation sites excluding steroid dienone is 2. The second-order valence-electron chi connectivity index (χ2n) is 6.40. The van der Waals surface area contributed by atoms with Crippen molar-refractivity contribution in [3.8, 4) is 0 Å². The molecule has 1 aliphatic rings. The van der Waals surface area contributed by atoms with Crippen LogP contribution in [0.2, 0.25) is 0 Å². The van der Waals surface area contributed by atoms with E-state index in [2.05, 4.69) is 6.92 Å². The fourth-order valence-corrected chi connectivity index (χ4v) is 2.94. The minimum absolute atomic E-state index is 0.0217. The minimum atomic E-state index is -2.60. The van der Waals surface area contributed by atoms with Crippen molar-refractivity contribution in [1.29, 1.82) is 0 Å². The zero-order chi connectivity index (χ0) is 22.2. The summed E-state index contributed by atoms with van der Waals surface area (Å²) in [5, 5.41) is 28.9. The van der Waals surface area contributed by atoms with Gasteiger partial charge in [-0.15, -0.1) is 0 Å². The van der Waals surface area contributed by atoms with E-state index >= 15 is 0 Å². The lowest BCUT2D eigenvalue weighted by molar-refractivity contribution is -0.137. The molecule has 0 unspecified atom stereocenters. The van der Waals surface area contributed by atoms with Gasteiger partial charge < -0.3 is 15.3 Å². The number of aliphatic carboxylic acids is 1. The second-order valence-corrected chi connectivity index (χ2v) is 6.40. The highest BCUT2D eigenvalue weighted by Gasteiger charge is 2.39. The lowest BCUT2D eigenvalue weighted by Crippen LogP contribution is -2.18. The Labute approximate surface area is 156 Å². The Morgan fingerprint density at radius 2 is 2.16 bits per heavy atom. The summed E-state index contributed by atoms with van der Waals surface area (Å²) >= 11 is 0. The van der Waals surface area contributed by atoms with Gasteiger partial charge >= 0.3 is 5.97 Å². The highest BCUT2D eigenvalue weighted by atomic mass is 16.4. The van der Waals surface area contributed by atoms with Gasteiger partial charge in [-0.05, 0) is 25.6 Å². The molecule has 0 aromatic heterocycles. The molecule has 3 N–H and O–H groups in total. The molecule has 0 aromatic carbocycles. The van der Waals surface area contributed by atoms with E-state index in [4.69, 9.17) is 10.6 Å². The Morgan fingerprint density at radius 3 is 2.84 bits per heavy atom. The van der Waals surface area contributed by atoms with Crippen molar-refractivity contribution in [3.05, 3.63) is 24.3 Å². The molecular weight excluding hydrogens is 320 g/mol. The highest BCUT2D eigenvalue weighted by Crippen LogP contribution is 2.33.